The Morgan fingerprint density at radius 3 is 2.06 bits per heavy atom. The fourth-order valence-electron chi connectivity index (χ4n) is 4.19. The minimum Gasteiger partial charge on any atom is -0.368 e. The molecule has 1 heterocycles. The van der Waals surface area contributed by atoms with Crippen LogP contribution < -0.4 is 10.2 Å². The van der Waals surface area contributed by atoms with Crippen molar-refractivity contribution >= 4 is 17.5 Å². The summed E-state index contributed by atoms with van der Waals surface area (Å²) in [5, 5.41) is 3.06. The Morgan fingerprint density at radius 2 is 1.41 bits per heavy atom. The van der Waals surface area contributed by atoms with Gasteiger partial charge in [-0.05, 0) is 36.2 Å². The van der Waals surface area contributed by atoms with Crippen LogP contribution in [0.2, 0.25) is 0 Å². The summed E-state index contributed by atoms with van der Waals surface area (Å²) in [6, 6.07) is 26.8. The summed E-state index contributed by atoms with van der Waals surface area (Å²) < 4.78 is 0. The number of carbonyl (C=O) groups excluding carboxylic acids is 2. The minimum atomic E-state index is -0.370. The predicted octanol–water partition coefficient (Wildman–Crippen LogP) is 4.21. The molecule has 3 aromatic carbocycles. The van der Waals surface area contributed by atoms with E-state index in [9.17, 15) is 9.59 Å². The summed E-state index contributed by atoms with van der Waals surface area (Å²) in [6.07, 6.45) is 0.243. The first-order valence-corrected chi connectivity index (χ1v) is 11.1. The SMILES string of the molecule is Cc1ccccc1N1CCN(C(=O)C[C@H](NC(=O)c2ccccc2)c2ccccc2)CC1. The first kappa shape index (κ1) is 21.6. The average Bonchev–Trinajstić information content (AvgIpc) is 2.85. The molecule has 1 aliphatic rings. The third-order valence-electron chi connectivity index (χ3n) is 6.01. The summed E-state index contributed by atoms with van der Waals surface area (Å²) in [5.41, 5.74) is 4.01. The predicted molar refractivity (Wildman–Crippen MR) is 128 cm³/mol. The molecule has 0 unspecified atom stereocenters. The van der Waals surface area contributed by atoms with Crippen LogP contribution in [0.3, 0.4) is 0 Å². The van der Waals surface area contributed by atoms with Gasteiger partial charge in [0.15, 0.2) is 0 Å². The molecule has 4 rings (SSSR count). The van der Waals surface area contributed by atoms with Crippen LogP contribution in [0.4, 0.5) is 5.69 Å². The molecule has 164 valence electrons. The zero-order valence-corrected chi connectivity index (χ0v) is 18.4. The fraction of sp³-hybridized carbons (Fsp3) is 0.259. The topological polar surface area (TPSA) is 52.6 Å². The molecule has 3 aromatic rings. The van der Waals surface area contributed by atoms with Gasteiger partial charge in [0.25, 0.3) is 5.91 Å². The van der Waals surface area contributed by atoms with Gasteiger partial charge in [-0.15, -0.1) is 0 Å². The molecule has 1 saturated heterocycles. The van der Waals surface area contributed by atoms with E-state index in [0.717, 1.165) is 18.7 Å². The quantitative estimate of drug-likeness (QED) is 0.641. The van der Waals surface area contributed by atoms with Crippen molar-refractivity contribution in [3.05, 3.63) is 102 Å². The standard InChI is InChI=1S/C27H29N3O2/c1-21-10-8-9-15-25(21)29-16-18-30(19-17-29)26(31)20-24(22-11-4-2-5-12-22)28-27(32)23-13-6-3-7-14-23/h2-15,24H,16-20H2,1H3,(H,28,32)/t24-/m0/s1. The van der Waals surface area contributed by atoms with Gasteiger partial charge in [0.1, 0.15) is 0 Å². The second-order valence-corrected chi connectivity index (χ2v) is 8.16. The normalized spacial score (nSPS) is 14.7. The van der Waals surface area contributed by atoms with E-state index in [1.807, 2.05) is 59.5 Å². The van der Waals surface area contributed by atoms with Crippen molar-refractivity contribution in [1.82, 2.24) is 10.2 Å². The first-order chi connectivity index (χ1) is 15.6. The van der Waals surface area contributed by atoms with E-state index in [-0.39, 0.29) is 24.3 Å². The van der Waals surface area contributed by atoms with Crippen LogP contribution in [0.25, 0.3) is 0 Å². The summed E-state index contributed by atoms with van der Waals surface area (Å²) in [5.74, 6) is -0.103. The lowest BCUT2D eigenvalue weighted by atomic mass is 10.0. The van der Waals surface area contributed by atoms with E-state index in [0.29, 0.717) is 18.7 Å². The number of para-hydroxylation sites is 1. The number of carbonyl (C=O) groups is 2. The lowest BCUT2D eigenvalue weighted by Gasteiger charge is -2.37. The molecule has 1 atom stereocenters. The number of aryl methyl sites for hydroxylation is 1. The Hall–Kier alpha value is -3.60. The van der Waals surface area contributed by atoms with Crippen molar-refractivity contribution in [2.24, 2.45) is 0 Å². The van der Waals surface area contributed by atoms with Gasteiger partial charge >= 0.3 is 0 Å². The van der Waals surface area contributed by atoms with Gasteiger partial charge in [0.05, 0.1) is 12.5 Å². The molecule has 0 radical (unpaired) electrons. The number of nitrogens with zero attached hydrogens (tertiary/aromatic N) is 2. The van der Waals surface area contributed by atoms with Gasteiger partial charge < -0.3 is 15.1 Å². The van der Waals surface area contributed by atoms with Crippen molar-refractivity contribution in [2.75, 3.05) is 31.1 Å². The van der Waals surface area contributed by atoms with E-state index in [1.165, 1.54) is 11.3 Å². The number of hydrogen-bond acceptors (Lipinski definition) is 3. The number of rotatable bonds is 6. The first-order valence-electron chi connectivity index (χ1n) is 11.1. The van der Waals surface area contributed by atoms with Crippen LogP contribution in [0.1, 0.15) is 33.9 Å². The molecule has 32 heavy (non-hydrogen) atoms. The molecule has 1 aliphatic heterocycles. The number of hydrogen-bond donors (Lipinski definition) is 1. The molecule has 2 amide bonds. The van der Waals surface area contributed by atoms with E-state index in [2.05, 4.69) is 35.3 Å². The van der Waals surface area contributed by atoms with Crippen molar-refractivity contribution in [1.29, 1.82) is 0 Å². The smallest absolute Gasteiger partial charge is 0.251 e. The van der Waals surface area contributed by atoms with Crippen LogP contribution >= 0.6 is 0 Å². The molecule has 5 heteroatoms. The van der Waals surface area contributed by atoms with Crippen LogP contribution in [-0.2, 0) is 4.79 Å². The average molecular weight is 428 g/mol. The highest BCUT2D eigenvalue weighted by Crippen LogP contribution is 2.23. The number of amides is 2. The molecule has 0 spiro atoms. The Kier molecular flexibility index (Phi) is 6.85. The monoisotopic (exact) mass is 427 g/mol. The number of anilines is 1. The highest BCUT2D eigenvalue weighted by Gasteiger charge is 2.26. The van der Waals surface area contributed by atoms with Crippen LogP contribution in [0.5, 0.6) is 0 Å². The highest BCUT2D eigenvalue weighted by molar-refractivity contribution is 5.94. The summed E-state index contributed by atoms with van der Waals surface area (Å²) >= 11 is 0. The largest absolute Gasteiger partial charge is 0.368 e. The third kappa shape index (κ3) is 5.17. The maximum atomic E-state index is 13.2. The second-order valence-electron chi connectivity index (χ2n) is 8.16. The molecule has 1 N–H and O–H groups in total. The zero-order valence-electron chi connectivity index (χ0n) is 18.4. The molecule has 1 fully saturated rings. The maximum Gasteiger partial charge on any atom is 0.251 e. The Bertz CT molecular complexity index is 1040. The van der Waals surface area contributed by atoms with Gasteiger partial charge in [-0.1, -0.05) is 66.7 Å². The third-order valence-corrected chi connectivity index (χ3v) is 6.01. The Labute approximate surface area is 189 Å². The molecular formula is C27H29N3O2. The van der Waals surface area contributed by atoms with Gasteiger partial charge in [0, 0.05) is 37.4 Å². The fourth-order valence-corrected chi connectivity index (χ4v) is 4.19. The number of benzene rings is 3. The lowest BCUT2D eigenvalue weighted by Crippen LogP contribution is -2.49. The Morgan fingerprint density at radius 1 is 0.812 bits per heavy atom. The maximum absolute atomic E-state index is 13.2. The van der Waals surface area contributed by atoms with Crippen LogP contribution in [0, 0.1) is 6.92 Å². The highest BCUT2D eigenvalue weighted by atomic mass is 16.2. The molecule has 0 saturated carbocycles. The van der Waals surface area contributed by atoms with Crippen molar-refractivity contribution in [2.45, 2.75) is 19.4 Å². The number of nitrogens with one attached hydrogen (secondary N) is 1. The van der Waals surface area contributed by atoms with E-state index < -0.39 is 0 Å². The molecule has 5 nitrogen and oxygen atoms in total. The second kappa shape index (κ2) is 10.1. The van der Waals surface area contributed by atoms with Crippen LogP contribution in [0.15, 0.2) is 84.9 Å². The Balaban J connectivity index is 1.41. The summed E-state index contributed by atoms with van der Waals surface area (Å²) in [6.45, 7) is 5.10. The van der Waals surface area contributed by atoms with Gasteiger partial charge in [0.2, 0.25) is 5.91 Å². The van der Waals surface area contributed by atoms with E-state index >= 15 is 0 Å². The van der Waals surface area contributed by atoms with Gasteiger partial charge in [-0.2, -0.15) is 0 Å². The summed E-state index contributed by atoms with van der Waals surface area (Å²) in [4.78, 5) is 30.2. The molecular weight excluding hydrogens is 398 g/mol. The molecule has 0 aromatic heterocycles. The van der Waals surface area contributed by atoms with Gasteiger partial charge in [-0.3, -0.25) is 9.59 Å². The lowest BCUT2D eigenvalue weighted by molar-refractivity contribution is -0.132. The number of piperazine rings is 1. The van der Waals surface area contributed by atoms with Crippen molar-refractivity contribution in [3.63, 3.8) is 0 Å². The van der Waals surface area contributed by atoms with Gasteiger partial charge in [-0.25, -0.2) is 0 Å². The minimum absolute atomic E-state index is 0.0663. The molecule has 0 aliphatic carbocycles. The van der Waals surface area contributed by atoms with E-state index in [1.54, 1.807) is 12.1 Å². The van der Waals surface area contributed by atoms with E-state index in [4.69, 9.17) is 0 Å². The van der Waals surface area contributed by atoms with Crippen molar-refractivity contribution in [3.8, 4) is 0 Å². The zero-order chi connectivity index (χ0) is 22.3. The molecule has 0 bridgehead atoms. The van der Waals surface area contributed by atoms with Crippen molar-refractivity contribution < 1.29 is 9.59 Å². The van der Waals surface area contributed by atoms with Crippen LogP contribution in [-0.4, -0.2) is 42.9 Å². The summed E-state index contributed by atoms with van der Waals surface area (Å²) in [7, 11) is 0.